The molecule has 0 unspecified atom stereocenters. The van der Waals surface area contributed by atoms with Gasteiger partial charge in [0.1, 0.15) is 0 Å². The van der Waals surface area contributed by atoms with Crippen molar-refractivity contribution >= 4 is 34.8 Å². The predicted molar refractivity (Wildman–Crippen MR) is 167 cm³/mol. The second-order valence-corrected chi connectivity index (χ2v) is 11.1. The molecule has 0 saturated heterocycles. The Morgan fingerprint density at radius 1 is 0.359 bits per heavy atom. The first-order chi connectivity index (χ1) is 19.0. The van der Waals surface area contributed by atoms with Gasteiger partial charge in [0, 0.05) is 34.7 Å². The average Bonchev–Trinajstić information content (AvgIpc) is 2.94. The van der Waals surface area contributed by atoms with E-state index < -0.39 is 0 Å². The minimum absolute atomic E-state index is 0.777. The summed E-state index contributed by atoms with van der Waals surface area (Å²) in [5.41, 5.74) is 7.77. The normalized spacial score (nSPS) is 11.2. The van der Waals surface area contributed by atoms with E-state index >= 15 is 0 Å². The van der Waals surface area contributed by atoms with E-state index in [1.54, 1.807) is 0 Å². The van der Waals surface area contributed by atoms with Crippen LogP contribution in [0.3, 0.4) is 0 Å². The third kappa shape index (κ3) is 11.0. The monoisotopic (exact) mass is 579 g/mol. The van der Waals surface area contributed by atoms with Gasteiger partial charge in [-0.15, -0.1) is 0 Å². The summed E-state index contributed by atoms with van der Waals surface area (Å²) >= 11 is 18.0. The number of halogens is 3. The van der Waals surface area contributed by atoms with E-state index in [0.29, 0.717) is 0 Å². The van der Waals surface area contributed by atoms with E-state index in [-0.39, 0.29) is 0 Å². The lowest BCUT2D eigenvalue weighted by atomic mass is 10.0. The Balaban J connectivity index is 1.29. The van der Waals surface area contributed by atoms with Crippen molar-refractivity contribution in [3.8, 4) is 0 Å². The zero-order valence-corrected chi connectivity index (χ0v) is 24.4. The SMILES string of the molecule is Clc1ccc(CCNCc2cc(CNCCc3ccc(Cl)cc3)cc(CNCCc3ccc(Cl)cc3)c2)cc1. The fraction of sp³-hybridized carbons (Fsp3) is 0.273. The van der Waals surface area contributed by atoms with Crippen molar-refractivity contribution in [3.63, 3.8) is 0 Å². The quantitative estimate of drug-likeness (QED) is 0.126. The fourth-order valence-corrected chi connectivity index (χ4v) is 4.87. The molecular formula is C33H36Cl3N3. The van der Waals surface area contributed by atoms with Crippen LogP contribution in [0.4, 0.5) is 0 Å². The fourth-order valence-electron chi connectivity index (χ4n) is 4.50. The minimum atomic E-state index is 0.777. The first-order valence-corrected chi connectivity index (χ1v) is 14.6. The van der Waals surface area contributed by atoms with Crippen LogP contribution in [0, 0.1) is 0 Å². The Bertz CT molecular complexity index is 1100. The molecule has 0 atom stereocenters. The summed E-state index contributed by atoms with van der Waals surface area (Å²) in [6.45, 7) is 5.26. The van der Waals surface area contributed by atoms with Crippen molar-refractivity contribution in [2.45, 2.75) is 38.9 Å². The van der Waals surface area contributed by atoms with Gasteiger partial charge in [-0.05, 0) is 109 Å². The second-order valence-electron chi connectivity index (χ2n) is 9.82. The lowest BCUT2D eigenvalue weighted by Gasteiger charge is -2.13. The molecule has 0 aliphatic heterocycles. The largest absolute Gasteiger partial charge is 0.312 e. The van der Waals surface area contributed by atoms with Crippen molar-refractivity contribution in [2.75, 3.05) is 19.6 Å². The molecule has 0 spiro atoms. The van der Waals surface area contributed by atoms with E-state index in [1.165, 1.54) is 33.4 Å². The van der Waals surface area contributed by atoms with Crippen molar-refractivity contribution in [3.05, 3.63) is 139 Å². The van der Waals surface area contributed by atoms with Crippen molar-refractivity contribution < 1.29 is 0 Å². The molecule has 3 nitrogen and oxygen atoms in total. The lowest BCUT2D eigenvalue weighted by molar-refractivity contribution is 0.665. The first kappa shape index (κ1) is 29.6. The lowest BCUT2D eigenvalue weighted by Crippen LogP contribution is -2.20. The number of hydrogen-bond acceptors (Lipinski definition) is 3. The van der Waals surface area contributed by atoms with Crippen LogP contribution in [-0.4, -0.2) is 19.6 Å². The summed E-state index contributed by atoms with van der Waals surface area (Å²) in [6.07, 6.45) is 2.92. The van der Waals surface area contributed by atoms with Crippen LogP contribution < -0.4 is 16.0 Å². The van der Waals surface area contributed by atoms with Crippen LogP contribution in [0.5, 0.6) is 0 Å². The van der Waals surface area contributed by atoms with Crippen molar-refractivity contribution in [1.82, 2.24) is 16.0 Å². The highest BCUT2D eigenvalue weighted by molar-refractivity contribution is 6.31. The summed E-state index contributed by atoms with van der Waals surface area (Å²) in [6, 6.07) is 31.2. The smallest absolute Gasteiger partial charge is 0.0406 e. The standard InChI is InChI=1S/C33H36Cl3N3/c34-31-7-1-25(2-8-31)13-16-37-22-28-19-29(23-38-17-14-26-3-9-32(35)10-4-26)21-30(20-28)24-39-18-15-27-5-11-33(36)12-6-27/h1-12,19-21,37-39H,13-18,22-24H2. The number of rotatable bonds is 15. The first-order valence-electron chi connectivity index (χ1n) is 13.5. The number of benzene rings is 4. The Morgan fingerprint density at radius 3 is 0.872 bits per heavy atom. The molecular weight excluding hydrogens is 545 g/mol. The number of nitrogens with one attached hydrogen (secondary N) is 3. The highest BCUT2D eigenvalue weighted by atomic mass is 35.5. The van der Waals surface area contributed by atoms with Crippen molar-refractivity contribution in [1.29, 1.82) is 0 Å². The zero-order chi connectivity index (χ0) is 27.3. The van der Waals surface area contributed by atoms with Gasteiger partial charge < -0.3 is 16.0 Å². The summed E-state index contributed by atoms with van der Waals surface area (Å²) in [7, 11) is 0. The predicted octanol–water partition coefficient (Wildman–Crippen LogP) is 7.64. The van der Waals surface area contributed by atoms with E-state index in [0.717, 1.165) is 73.6 Å². The van der Waals surface area contributed by atoms with E-state index in [9.17, 15) is 0 Å². The maximum atomic E-state index is 6.01. The van der Waals surface area contributed by atoms with Crippen LogP contribution in [0.2, 0.25) is 15.1 Å². The molecule has 0 amide bonds. The third-order valence-corrected chi connectivity index (χ3v) is 7.37. The molecule has 0 aliphatic carbocycles. The molecule has 6 heteroatoms. The van der Waals surface area contributed by atoms with E-state index in [2.05, 4.69) is 70.5 Å². The van der Waals surface area contributed by atoms with E-state index in [1.807, 2.05) is 36.4 Å². The molecule has 0 radical (unpaired) electrons. The molecule has 0 saturated carbocycles. The number of hydrogen-bond donors (Lipinski definition) is 3. The van der Waals surface area contributed by atoms with Crippen LogP contribution in [0.25, 0.3) is 0 Å². The third-order valence-electron chi connectivity index (χ3n) is 6.61. The van der Waals surface area contributed by atoms with Gasteiger partial charge in [0.25, 0.3) is 0 Å². The van der Waals surface area contributed by atoms with Crippen LogP contribution >= 0.6 is 34.8 Å². The summed E-state index contributed by atoms with van der Waals surface area (Å²) in [4.78, 5) is 0. The van der Waals surface area contributed by atoms with Crippen molar-refractivity contribution in [2.24, 2.45) is 0 Å². The molecule has 0 fully saturated rings. The van der Waals surface area contributed by atoms with Gasteiger partial charge >= 0.3 is 0 Å². The summed E-state index contributed by atoms with van der Waals surface area (Å²) < 4.78 is 0. The van der Waals surface area contributed by atoms with Gasteiger partial charge in [0.15, 0.2) is 0 Å². The van der Waals surface area contributed by atoms with Gasteiger partial charge in [-0.25, -0.2) is 0 Å². The summed E-state index contributed by atoms with van der Waals surface area (Å²) in [5.74, 6) is 0. The van der Waals surface area contributed by atoms with Gasteiger partial charge in [0.2, 0.25) is 0 Å². The van der Waals surface area contributed by atoms with Gasteiger partial charge in [0.05, 0.1) is 0 Å². The maximum absolute atomic E-state index is 6.01. The van der Waals surface area contributed by atoms with Gasteiger partial charge in [-0.1, -0.05) is 89.4 Å². The Hall–Kier alpha value is -2.37. The Kier molecular flexibility index (Phi) is 12.2. The Labute approximate surface area is 247 Å². The van der Waals surface area contributed by atoms with E-state index in [4.69, 9.17) is 34.8 Å². The van der Waals surface area contributed by atoms with Crippen LogP contribution in [-0.2, 0) is 38.9 Å². The molecule has 0 heterocycles. The Morgan fingerprint density at radius 2 is 0.615 bits per heavy atom. The summed E-state index contributed by atoms with van der Waals surface area (Å²) in [5, 5.41) is 13.2. The highest BCUT2D eigenvalue weighted by Gasteiger charge is 2.04. The average molecular weight is 581 g/mol. The molecule has 0 bridgehead atoms. The topological polar surface area (TPSA) is 36.1 Å². The second kappa shape index (κ2) is 16.0. The molecule has 4 rings (SSSR count). The van der Waals surface area contributed by atoms with Gasteiger partial charge in [-0.2, -0.15) is 0 Å². The molecule has 39 heavy (non-hydrogen) atoms. The molecule has 204 valence electrons. The molecule has 4 aromatic carbocycles. The zero-order valence-electron chi connectivity index (χ0n) is 22.2. The van der Waals surface area contributed by atoms with Crippen LogP contribution in [0.1, 0.15) is 33.4 Å². The highest BCUT2D eigenvalue weighted by Crippen LogP contribution is 2.14. The molecule has 3 N–H and O–H groups in total. The maximum Gasteiger partial charge on any atom is 0.0406 e. The molecule has 0 aliphatic rings. The minimum Gasteiger partial charge on any atom is -0.312 e. The molecule has 0 aromatic heterocycles. The van der Waals surface area contributed by atoms with Gasteiger partial charge in [-0.3, -0.25) is 0 Å². The molecule has 4 aromatic rings. The van der Waals surface area contributed by atoms with Crippen LogP contribution in [0.15, 0.2) is 91.0 Å².